The zero-order valence-electron chi connectivity index (χ0n) is 16.8. The van der Waals surface area contributed by atoms with Gasteiger partial charge in [-0.15, -0.1) is 0 Å². The van der Waals surface area contributed by atoms with Gasteiger partial charge in [0.1, 0.15) is 5.76 Å². The number of carbonyl (C=O) groups excluding carboxylic acids is 1. The van der Waals surface area contributed by atoms with Gasteiger partial charge < -0.3 is 9.42 Å². The Morgan fingerprint density at radius 1 is 1.19 bits per heavy atom. The van der Waals surface area contributed by atoms with Crippen LogP contribution in [0.15, 0.2) is 22.7 Å². The van der Waals surface area contributed by atoms with Crippen LogP contribution in [0.3, 0.4) is 0 Å². The van der Waals surface area contributed by atoms with E-state index in [9.17, 15) is 4.79 Å². The monoisotopic (exact) mass is 367 g/mol. The Morgan fingerprint density at radius 3 is 2.63 bits per heavy atom. The van der Waals surface area contributed by atoms with Crippen molar-refractivity contribution in [1.82, 2.24) is 15.0 Å². The number of amides is 1. The van der Waals surface area contributed by atoms with Crippen LogP contribution in [0.4, 0.5) is 0 Å². The second-order valence-corrected chi connectivity index (χ2v) is 8.35. The zero-order chi connectivity index (χ0) is 19.2. The number of nitrogens with zero attached hydrogens (tertiary/aromatic N) is 3. The van der Waals surface area contributed by atoms with Crippen molar-refractivity contribution in [3.8, 4) is 0 Å². The molecule has 2 aliphatic heterocycles. The molecule has 1 spiro atoms. The Morgan fingerprint density at radius 2 is 2.00 bits per heavy atom. The number of aryl methyl sites for hydroxylation is 4. The number of rotatable bonds is 3. The molecule has 1 aromatic carbocycles. The van der Waals surface area contributed by atoms with Gasteiger partial charge in [0.25, 0.3) is 5.91 Å². The number of hydrogen-bond acceptors (Lipinski definition) is 4. The molecule has 2 aromatic rings. The largest absolute Gasteiger partial charge is 0.361 e. The van der Waals surface area contributed by atoms with Gasteiger partial charge in [-0.2, -0.15) is 0 Å². The summed E-state index contributed by atoms with van der Waals surface area (Å²) < 4.78 is 5.34. The van der Waals surface area contributed by atoms with Crippen molar-refractivity contribution >= 4 is 5.91 Å². The Labute approximate surface area is 161 Å². The van der Waals surface area contributed by atoms with Crippen molar-refractivity contribution < 1.29 is 9.32 Å². The fourth-order valence-corrected chi connectivity index (χ4v) is 4.72. The van der Waals surface area contributed by atoms with E-state index in [1.807, 2.05) is 32.9 Å². The Kier molecular flexibility index (Phi) is 4.58. The first-order valence-corrected chi connectivity index (χ1v) is 9.93. The van der Waals surface area contributed by atoms with E-state index in [0.29, 0.717) is 0 Å². The molecule has 27 heavy (non-hydrogen) atoms. The molecule has 1 amide bonds. The van der Waals surface area contributed by atoms with E-state index in [4.69, 9.17) is 4.52 Å². The van der Waals surface area contributed by atoms with Crippen LogP contribution in [0, 0.1) is 27.7 Å². The van der Waals surface area contributed by atoms with Crippen molar-refractivity contribution in [3.63, 3.8) is 0 Å². The standard InChI is InChI=1S/C22H29N3O2/c1-15-6-7-19(16(2)12-15)21(26)24-10-5-8-22(14-24)9-11-25(22)13-20-17(3)23-27-18(20)4/h6-7,12H,5,8-11,13-14H2,1-4H3/t22-/m1/s1. The highest BCUT2D eigenvalue weighted by molar-refractivity contribution is 5.95. The number of hydrogen-bond donors (Lipinski definition) is 0. The number of carbonyl (C=O) groups is 1. The van der Waals surface area contributed by atoms with Gasteiger partial charge in [-0.25, -0.2) is 0 Å². The second-order valence-electron chi connectivity index (χ2n) is 8.35. The molecular formula is C22H29N3O2. The molecule has 0 bridgehead atoms. The molecule has 0 unspecified atom stereocenters. The third-order valence-electron chi connectivity index (χ3n) is 6.50. The van der Waals surface area contributed by atoms with Crippen LogP contribution >= 0.6 is 0 Å². The lowest BCUT2D eigenvalue weighted by atomic mass is 9.77. The van der Waals surface area contributed by atoms with Crippen molar-refractivity contribution in [2.45, 2.75) is 59.0 Å². The van der Waals surface area contributed by atoms with E-state index in [-0.39, 0.29) is 11.4 Å². The Balaban J connectivity index is 1.51. The zero-order valence-corrected chi connectivity index (χ0v) is 16.8. The third kappa shape index (κ3) is 3.18. The van der Waals surface area contributed by atoms with Crippen molar-refractivity contribution in [2.24, 2.45) is 0 Å². The molecule has 2 fully saturated rings. The highest BCUT2D eigenvalue weighted by atomic mass is 16.5. The number of benzene rings is 1. The SMILES string of the molecule is Cc1ccc(C(=O)N2CCC[C@@]3(CCN3Cc3c(C)noc3C)C2)c(C)c1. The van der Waals surface area contributed by atoms with Crippen LogP contribution in [0.1, 0.15) is 57.8 Å². The van der Waals surface area contributed by atoms with E-state index in [0.717, 1.165) is 68.0 Å². The summed E-state index contributed by atoms with van der Waals surface area (Å²) in [4.78, 5) is 17.8. The van der Waals surface area contributed by atoms with Gasteiger partial charge in [-0.05, 0) is 58.6 Å². The minimum atomic E-state index is 0.114. The highest BCUT2D eigenvalue weighted by Crippen LogP contribution is 2.40. The summed E-state index contributed by atoms with van der Waals surface area (Å²) in [5, 5.41) is 4.09. The summed E-state index contributed by atoms with van der Waals surface area (Å²) >= 11 is 0. The minimum Gasteiger partial charge on any atom is -0.361 e. The first kappa shape index (κ1) is 18.2. The molecule has 1 atom stereocenters. The van der Waals surface area contributed by atoms with Crippen molar-refractivity contribution in [1.29, 1.82) is 0 Å². The van der Waals surface area contributed by atoms with Gasteiger partial charge in [0.05, 0.1) is 5.69 Å². The van der Waals surface area contributed by atoms with Crippen LogP contribution in [0.25, 0.3) is 0 Å². The maximum absolute atomic E-state index is 13.2. The molecule has 2 saturated heterocycles. The predicted molar refractivity (Wildman–Crippen MR) is 105 cm³/mol. The first-order chi connectivity index (χ1) is 12.9. The van der Waals surface area contributed by atoms with E-state index < -0.39 is 0 Å². The maximum atomic E-state index is 13.2. The van der Waals surface area contributed by atoms with Gasteiger partial charge >= 0.3 is 0 Å². The van der Waals surface area contributed by atoms with Crippen LogP contribution in [0.5, 0.6) is 0 Å². The summed E-state index contributed by atoms with van der Waals surface area (Å²) in [5.74, 6) is 1.09. The average Bonchev–Trinajstić information content (AvgIpc) is 2.96. The molecule has 144 valence electrons. The minimum absolute atomic E-state index is 0.114. The van der Waals surface area contributed by atoms with Crippen LogP contribution in [0.2, 0.25) is 0 Å². The van der Waals surface area contributed by atoms with E-state index in [1.54, 1.807) is 0 Å². The molecule has 0 N–H and O–H groups in total. The molecule has 4 rings (SSSR count). The number of aromatic nitrogens is 1. The molecule has 5 heteroatoms. The van der Waals surface area contributed by atoms with Crippen LogP contribution in [-0.2, 0) is 6.54 Å². The molecule has 0 radical (unpaired) electrons. The normalized spacial score (nSPS) is 22.9. The van der Waals surface area contributed by atoms with Gasteiger partial charge in [0, 0.05) is 42.8 Å². The summed E-state index contributed by atoms with van der Waals surface area (Å²) in [7, 11) is 0. The average molecular weight is 367 g/mol. The molecule has 3 heterocycles. The number of piperidine rings is 1. The molecule has 2 aliphatic rings. The lowest BCUT2D eigenvalue weighted by molar-refractivity contribution is -0.0651. The lowest BCUT2D eigenvalue weighted by Gasteiger charge is -2.57. The van der Waals surface area contributed by atoms with Crippen LogP contribution in [-0.4, -0.2) is 46.0 Å². The molecule has 5 nitrogen and oxygen atoms in total. The summed E-state index contributed by atoms with van der Waals surface area (Å²) in [6.07, 6.45) is 3.38. The molecular weight excluding hydrogens is 338 g/mol. The van der Waals surface area contributed by atoms with Gasteiger partial charge in [0.2, 0.25) is 0 Å². The van der Waals surface area contributed by atoms with Gasteiger partial charge in [-0.3, -0.25) is 9.69 Å². The fraction of sp³-hybridized carbons (Fsp3) is 0.545. The Hall–Kier alpha value is -2.14. The molecule has 0 saturated carbocycles. The van der Waals surface area contributed by atoms with Gasteiger partial charge in [0.15, 0.2) is 0 Å². The smallest absolute Gasteiger partial charge is 0.254 e. The fourth-order valence-electron chi connectivity index (χ4n) is 4.72. The predicted octanol–water partition coefficient (Wildman–Crippen LogP) is 3.79. The highest BCUT2D eigenvalue weighted by Gasteiger charge is 2.48. The topological polar surface area (TPSA) is 49.6 Å². The molecule has 0 aliphatic carbocycles. The van der Waals surface area contributed by atoms with Gasteiger partial charge in [-0.1, -0.05) is 22.9 Å². The van der Waals surface area contributed by atoms with E-state index in [2.05, 4.69) is 27.9 Å². The summed E-state index contributed by atoms with van der Waals surface area (Å²) in [5.41, 5.74) is 5.40. The lowest BCUT2D eigenvalue weighted by Crippen LogP contribution is -2.67. The van der Waals surface area contributed by atoms with E-state index in [1.165, 1.54) is 11.1 Å². The summed E-state index contributed by atoms with van der Waals surface area (Å²) in [6.45, 7) is 11.7. The van der Waals surface area contributed by atoms with Crippen molar-refractivity contribution in [2.75, 3.05) is 19.6 Å². The second kappa shape index (κ2) is 6.79. The Bertz CT molecular complexity index is 853. The quantitative estimate of drug-likeness (QED) is 0.828. The third-order valence-corrected chi connectivity index (χ3v) is 6.50. The molecule has 1 aromatic heterocycles. The van der Waals surface area contributed by atoms with E-state index >= 15 is 0 Å². The maximum Gasteiger partial charge on any atom is 0.254 e. The van der Waals surface area contributed by atoms with Crippen molar-refractivity contribution in [3.05, 3.63) is 51.9 Å². The summed E-state index contributed by atoms with van der Waals surface area (Å²) in [6, 6.07) is 6.11. The first-order valence-electron chi connectivity index (χ1n) is 9.93. The van der Waals surface area contributed by atoms with Crippen LogP contribution < -0.4 is 0 Å². The number of likely N-dealkylation sites (tertiary alicyclic amines) is 2.